The minimum atomic E-state index is -4.40. The van der Waals surface area contributed by atoms with E-state index >= 15 is 0 Å². The van der Waals surface area contributed by atoms with Gasteiger partial charge in [-0.15, -0.1) is 0 Å². The Bertz CT molecular complexity index is 676. The van der Waals surface area contributed by atoms with Gasteiger partial charge in [-0.3, -0.25) is 9.48 Å². The monoisotopic (exact) mass is 357 g/mol. The lowest BCUT2D eigenvalue weighted by Crippen LogP contribution is -2.66. The van der Waals surface area contributed by atoms with Crippen LogP contribution in [0.3, 0.4) is 0 Å². The zero-order valence-corrected chi connectivity index (χ0v) is 14.1. The maximum absolute atomic E-state index is 12.6. The van der Waals surface area contributed by atoms with Crippen molar-refractivity contribution in [3.8, 4) is 0 Å². The first kappa shape index (κ1) is 16.9. The summed E-state index contributed by atoms with van der Waals surface area (Å²) in [5.74, 6) is 0.415. The van der Waals surface area contributed by atoms with Crippen molar-refractivity contribution in [2.75, 3.05) is 13.1 Å². The lowest BCUT2D eigenvalue weighted by atomic mass is 9.57. The first-order valence-corrected chi connectivity index (χ1v) is 8.67. The Kier molecular flexibility index (Phi) is 3.52. The molecule has 1 aromatic rings. The van der Waals surface area contributed by atoms with Gasteiger partial charge in [0, 0.05) is 37.2 Å². The molecule has 0 aromatic carbocycles. The van der Waals surface area contributed by atoms with Crippen molar-refractivity contribution in [3.63, 3.8) is 0 Å². The van der Waals surface area contributed by atoms with Crippen LogP contribution in [-0.2, 0) is 17.5 Å². The molecule has 8 heteroatoms. The van der Waals surface area contributed by atoms with Gasteiger partial charge in [-0.25, -0.2) is 0 Å². The molecule has 1 spiro atoms. The fourth-order valence-electron chi connectivity index (χ4n) is 4.79. The molecule has 1 N–H and O–H groups in total. The van der Waals surface area contributed by atoms with E-state index in [0.717, 1.165) is 32.0 Å². The number of aromatic nitrogens is 2. The lowest BCUT2D eigenvalue weighted by Gasteiger charge is -2.60. The predicted molar refractivity (Wildman–Crippen MR) is 82.3 cm³/mol. The Morgan fingerprint density at radius 2 is 1.96 bits per heavy atom. The number of nitrogens with zero attached hydrogens (tertiary/aromatic N) is 3. The highest BCUT2D eigenvalue weighted by atomic mass is 19.4. The maximum atomic E-state index is 12.6. The van der Waals surface area contributed by atoms with Crippen LogP contribution < -0.4 is 0 Å². The first-order valence-electron chi connectivity index (χ1n) is 8.67. The average Bonchev–Trinajstić information content (AvgIpc) is 2.84. The van der Waals surface area contributed by atoms with Crippen LogP contribution in [0, 0.1) is 17.3 Å². The molecule has 0 atom stereocenters. The molecular weight excluding hydrogens is 335 g/mol. The van der Waals surface area contributed by atoms with Gasteiger partial charge in [0.1, 0.15) is 0 Å². The summed E-state index contributed by atoms with van der Waals surface area (Å²) >= 11 is 0. The molecule has 0 bridgehead atoms. The van der Waals surface area contributed by atoms with Gasteiger partial charge in [-0.2, -0.15) is 18.3 Å². The quantitative estimate of drug-likeness (QED) is 0.903. The van der Waals surface area contributed by atoms with Crippen molar-refractivity contribution in [2.24, 2.45) is 17.3 Å². The first-order chi connectivity index (χ1) is 11.6. The van der Waals surface area contributed by atoms with Crippen molar-refractivity contribution in [1.82, 2.24) is 14.7 Å². The van der Waals surface area contributed by atoms with E-state index in [0.29, 0.717) is 25.3 Å². The van der Waals surface area contributed by atoms with Crippen molar-refractivity contribution in [3.05, 3.63) is 18.0 Å². The largest absolute Gasteiger partial charge is 0.435 e. The minimum Gasteiger partial charge on any atom is -0.390 e. The van der Waals surface area contributed by atoms with E-state index in [2.05, 4.69) is 5.10 Å². The second kappa shape index (κ2) is 5.22. The van der Waals surface area contributed by atoms with Gasteiger partial charge in [0.25, 0.3) is 0 Å². The molecule has 3 aliphatic rings. The number of carbonyl (C=O) groups excluding carboxylic acids is 1. The summed E-state index contributed by atoms with van der Waals surface area (Å²) in [4.78, 5) is 14.2. The number of likely N-dealkylation sites (tertiary alicyclic amines) is 1. The molecule has 1 aliphatic heterocycles. The third-order valence-corrected chi connectivity index (χ3v) is 5.91. The number of alkyl halides is 3. The number of carbonyl (C=O) groups is 1. The third kappa shape index (κ3) is 3.05. The molecule has 138 valence electrons. The molecule has 1 aromatic heterocycles. The second-order valence-electron chi connectivity index (χ2n) is 8.49. The van der Waals surface area contributed by atoms with Crippen molar-refractivity contribution >= 4 is 5.91 Å². The van der Waals surface area contributed by atoms with Crippen LogP contribution in [-0.4, -0.2) is 44.4 Å². The van der Waals surface area contributed by atoms with Gasteiger partial charge in [0.15, 0.2) is 5.69 Å². The zero-order valence-electron chi connectivity index (χ0n) is 14.1. The fourth-order valence-corrected chi connectivity index (χ4v) is 4.79. The SMILES string of the molecule is CC1(O)CC(C(=O)N2CC3(CC(Cn4ccc(C(F)(F)F)n4)C3)C2)C1. The van der Waals surface area contributed by atoms with Crippen LogP contribution in [0.1, 0.15) is 38.3 Å². The van der Waals surface area contributed by atoms with E-state index in [1.165, 1.54) is 10.9 Å². The Morgan fingerprint density at radius 3 is 2.48 bits per heavy atom. The Labute approximate surface area is 143 Å². The minimum absolute atomic E-state index is 0.0481. The van der Waals surface area contributed by atoms with E-state index in [1.807, 2.05) is 4.90 Å². The van der Waals surface area contributed by atoms with Gasteiger partial charge in [0.05, 0.1) is 5.60 Å². The van der Waals surface area contributed by atoms with E-state index < -0.39 is 17.5 Å². The van der Waals surface area contributed by atoms with Crippen LogP contribution in [0.25, 0.3) is 0 Å². The van der Waals surface area contributed by atoms with Crippen molar-refractivity contribution < 1.29 is 23.1 Å². The molecule has 0 unspecified atom stereocenters. The van der Waals surface area contributed by atoms with E-state index in [9.17, 15) is 23.1 Å². The highest BCUT2D eigenvalue weighted by molar-refractivity contribution is 5.81. The van der Waals surface area contributed by atoms with Crippen LogP contribution in [0.2, 0.25) is 0 Å². The van der Waals surface area contributed by atoms with E-state index in [1.54, 1.807) is 6.92 Å². The molecule has 4 rings (SSSR count). The van der Waals surface area contributed by atoms with Gasteiger partial charge in [0.2, 0.25) is 5.91 Å². The summed E-state index contributed by atoms with van der Waals surface area (Å²) in [5.41, 5.74) is -1.38. The summed E-state index contributed by atoms with van der Waals surface area (Å²) < 4.78 is 39.0. The van der Waals surface area contributed by atoms with Gasteiger partial charge in [-0.05, 0) is 44.6 Å². The number of amides is 1. The zero-order chi connectivity index (χ0) is 18.0. The van der Waals surface area contributed by atoms with Crippen LogP contribution in [0.15, 0.2) is 12.3 Å². The molecule has 2 heterocycles. The molecule has 5 nitrogen and oxygen atoms in total. The number of hydrogen-bond acceptors (Lipinski definition) is 3. The third-order valence-electron chi connectivity index (χ3n) is 5.91. The van der Waals surface area contributed by atoms with Crippen LogP contribution >= 0.6 is 0 Å². The summed E-state index contributed by atoms with van der Waals surface area (Å²) in [5, 5.41) is 13.3. The van der Waals surface area contributed by atoms with Crippen LogP contribution in [0.4, 0.5) is 13.2 Å². The smallest absolute Gasteiger partial charge is 0.390 e. The summed E-state index contributed by atoms with van der Waals surface area (Å²) in [6.07, 6.45) is -0.0711. The summed E-state index contributed by atoms with van der Waals surface area (Å²) in [6, 6.07) is 1.01. The molecule has 1 saturated heterocycles. The summed E-state index contributed by atoms with van der Waals surface area (Å²) in [6.45, 7) is 3.74. The molecular formula is C17H22F3N3O2. The number of hydrogen-bond donors (Lipinski definition) is 1. The summed E-state index contributed by atoms with van der Waals surface area (Å²) in [7, 11) is 0. The fraction of sp³-hybridized carbons (Fsp3) is 0.765. The Morgan fingerprint density at radius 1 is 1.32 bits per heavy atom. The van der Waals surface area contributed by atoms with Crippen LogP contribution in [0.5, 0.6) is 0 Å². The number of halogens is 3. The second-order valence-corrected chi connectivity index (χ2v) is 8.49. The van der Waals surface area contributed by atoms with E-state index in [-0.39, 0.29) is 17.2 Å². The normalized spacial score (nSPS) is 31.4. The Hall–Kier alpha value is -1.57. The molecule has 2 aliphatic carbocycles. The standard InChI is InChI=1S/C17H22F3N3O2/c1-15(25)6-12(7-15)14(24)22-9-16(10-22)4-11(5-16)8-23-3-2-13(21-23)17(18,19)20/h2-3,11-12,25H,4-10H2,1H3. The predicted octanol–water partition coefficient (Wildman–Crippen LogP) is 2.30. The van der Waals surface area contributed by atoms with Gasteiger partial charge >= 0.3 is 6.18 Å². The molecule has 2 saturated carbocycles. The molecule has 0 radical (unpaired) electrons. The maximum Gasteiger partial charge on any atom is 0.435 e. The highest BCUT2D eigenvalue weighted by Gasteiger charge is 2.55. The van der Waals surface area contributed by atoms with E-state index in [4.69, 9.17) is 0 Å². The van der Waals surface area contributed by atoms with Crippen molar-refractivity contribution in [1.29, 1.82) is 0 Å². The topological polar surface area (TPSA) is 58.4 Å². The number of rotatable bonds is 3. The van der Waals surface area contributed by atoms with Gasteiger partial charge in [-0.1, -0.05) is 0 Å². The Balaban J connectivity index is 1.23. The lowest BCUT2D eigenvalue weighted by molar-refractivity contribution is -0.171. The molecule has 1 amide bonds. The van der Waals surface area contributed by atoms with Crippen molar-refractivity contribution in [2.45, 2.75) is 50.9 Å². The average molecular weight is 357 g/mol. The molecule has 25 heavy (non-hydrogen) atoms. The number of aliphatic hydroxyl groups is 1. The highest BCUT2D eigenvalue weighted by Crippen LogP contribution is 2.53. The van der Waals surface area contributed by atoms with Gasteiger partial charge < -0.3 is 10.0 Å². The molecule has 3 fully saturated rings.